The molecule has 0 aliphatic carbocycles. The summed E-state index contributed by atoms with van der Waals surface area (Å²) in [5.74, 6) is 0.653. The van der Waals surface area contributed by atoms with Crippen LogP contribution in [0.3, 0.4) is 0 Å². The summed E-state index contributed by atoms with van der Waals surface area (Å²) < 4.78 is 5.39. The van der Waals surface area contributed by atoms with Gasteiger partial charge in [0.2, 0.25) is 5.95 Å². The van der Waals surface area contributed by atoms with Gasteiger partial charge in [0.25, 0.3) is 5.91 Å². The zero-order valence-electron chi connectivity index (χ0n) is 17.2. The summed E-state index contributed by atoms with van der Waals surface area (Å²) in [7, 11) is 0. The molecule has 0 bridgehead atoms. The van der Waals surface area contributed by atoms with Gasteiger partial charge in [-0.1, -0.05) is 0 Å². The maximum Gasteiger partial charge on any atom is 0.274 e. The molecule has 1 saturated heterocycles. The Balaban J connectivity index is 1.61. The van der Waals surface area contributed by atoms with E-state index in [4.69, 9.17) is 9.84 Å². The average Bonchev–Trinajstić information content (AvgIpc) is 3.06. The second kappa shape index (κ2) is 8.68. The lowest BCUT2D eigenvalue weighted by molar-refractivity contribution is 0.102. The molecule has 0 unspecified atom stereocenters. The van der Waals surface area contributed by atoms with E-state index in [0.717, 1.165) is 22.2 Å². The number of carbonyl (C=O) groups excluding carboxylic acids is 1. The predicted molar refractivity (Wildman–Crippen MR) is 116 cm³/mol. The molecule has 2 aromatic heterocycles. The molecule has 1 amide bonds. The van der Waals surface area contributed by atoms with Crippen molar-refractivity contribution in [2.45, 2.75) is 13.8 Å². The van der Waals surface area contributed by atoms with Crippen LogP contribution in [0.25, 0.3) is 10.9 Å². The fourth-order valence-corrected chi connectivity index (χ4v) is 3.46. The number of aliphatic hydroxyl groups excluding tert-OH is 1. The summed E-state index contributed by atoms with van der Waals surface area (Å²) in [4.78, 5) is 27.3. The van der Waals surface area contributed by atoms with Gasteiger partial charge in [0.05, 0.1) is 19.8 Å². The number of rotatable bonds is 6. The van der Waals surface area contributed by atoms with Gasteiger partial charge in [-0.2, -0.15) is 4.98 Å². The van der Waals surface area contributed by atoms with Gasteiger partial charge in [-0.15, -0.1) is 0 Å². The van der Waals surface area contributed by atoms with Crippen LogP contribution in [0.5, 0.6) is 0 Å². The van der Waals surface area contributed by atoms with E-state index in [9.17, 15) is 4.79 Å². The van der Waals surface area contributed by atoms with Gasteiger partial charge in [-0.25, -0.2) is 4.98 Å². The molecule has 1 aliphatic heterocycles. The maximum atomic E-state index is 13.0. The number of aliphatic hydroxyl groups is 1. The molecule has 3 aromatic rings. The lowest BCUT2D eigenvalue weighted by Crippen LogP contribution is -2.37. The Morgan fingerprint density at radius 3 is 2.80 bits per heavy atom. The van der Waals surface area contributed by atoms with E-state index in [0.29, 0.717) is 50.3 Å². The van der Waals surface area contributed by atoms with E-state index in [-0.39, 0.29) is 18.2 Å². The lowest BCUT2D eigenvalue weighted by atomic mass is 10.1. The van der Waals surface area contributed by atoms with Crippen molar-refractivity contribution in [3.8, 4) is 0 Å². The minimum absolute atomic E-state index is 0.0339. The van der Waals surface area contributed by atoms with Crippen LogP contribution in [0, 0.1) is 13.8 Å². The minimum Gasteiger partial charge on any atom is -0.395 e. The number of aromatic amines is 1. The van der Waals surface area contributed by atoms with Crippen molar-refractivity contribution >= 4 is 34.3 Å². The molecule has 9 heteroatoms. The van der Waals surface area contributed by atoms with Gasteiger partial charge in [0.1, 0.15) is 11.5 Å². The van der Waals surface area contributed by atoms with Crippen LogP contribution in [-0.2, 0) is 4.74 Å². The van der Waals surface area contributed by atoms with E-state index in [1.54, 1.807) is 6.07 Å². The number of nitrogens with zero attached hydrogens (tertiary/aromatic N) is 3. The number of aromatic nitrogens is 3. The SMILES string of the molecule is Cc1[nH]c2ccc(NC(=O)c3cc(NCCO)nc(N4CCOCC4)n3)cc2c1C. The summed E-state index contributed by atoms with van der Waals surface area (Å²) in [6.07, 6.45) is 0. The second-order valence-electron chi connectivity index (χ2n) is 7.28. The maximum absolute atomic E-state index is 13.0. The molecule has 3 heterocycles. The van der Waals surface area contributed by atoms with Crippen LogP contribution < -0.4 is 15.5 Å². The van der Waals surface area contributed by atoms with Crippen molar-refractivity contribution in [2.24, 2.45) is 0 Å². The van der Waals surface area contributed by atoms with Crippen LogP contribution in [0.2, 0.25) is 0 Å². The first kappa shape index (κ1) is 20.1. The summed E-state index contributed by atoms with van der Waals surface area (Å²) >= 11 is 0. The number of aryl methyl sites for hydroxylation is 2. The number of ether oxygens (including phenoxy) is 1. The highest BCUT2D eigenvalue weighted by atomic mass is 16.5. The quantitative estimate of drug-likeness (QED) is 0.492. The molecular formula is C21H26N6O3. The Morgan fingerprint density at radius 2 is 2.03 bits per heavy atom. The van der Waals surface area contributed by atoms with Crippen LogP contribution in [-0.4, -0.2) is 65.4 Å². The third-order valence-corrected chi connectivity index (χ3v) is 5.22. The van der Waals surface area contributed by atoms with Crippen molar-refractivity contribution in [1.82, 2.24) is 15.0 Å². The first-order valence-electron chi connectivity index (χ1n) is 10.0. The number of H-pyrrole nitrogens is 1. The molecule has 0 spiro atoms. The largest absolute Gasteiger partial charge is 0.395 e. The van der Waals surface area contributed by atoms with Gasteiger partial charge >= 0.3 is 0 Å². The van der Waals surface area contributed by atoms with Crippen molar-refractivity contribution in [1.29, 1.82) is 0 Å². The summed E-state index contributed by atoms with van der Waals surface area (Å²) in [5, 5.41) is 16.2. The molecule has 1 aromatic carbocycles. The van der Waals surface area contributed by atoms with Gasteiger partial charge in [-0.3, -0.25) is 4.79 Å². The van der Waals surface area contributed by atoms with E-state index in [1.165, 1.54) is 0 Å². The number of benzene rings is 1. The number of anilines is 3. The van der Waals surface area contributed by atoms with E-state index >= 15 is 0 Å². The van der Waals surface area contributed by atoms with Crippen molar-refractivity contribution in [3.05, 3.63) is 41.2 Å². The zero-order chi connectivity index (χ0) is 21.1. The highest BCUT2D eigenvalue weighted by Crippen LogP contribution is 2.25. The molecule has 1 fully saturated rings. The zero-order valence-corrected chi connectivity index (χ0v) is 17.2. The minimum atomic E-state index is -0.316. The van der Waals surface area contributed by atoms with Gasteiger partial charge in [0.15, 0.2) is 0 Å². The Labute approximate surface area is 174 Å². The summed E-state index contributed by atoms with van der Waals surface area (Å²) in [6.45, 7) is 6.89. The Hall–Kier alpha value is -3.17. The van der Waals surface area contributed by atoms with Crippen molar-refractivity contribution < 1.29 is 14.6 Å². The molecule has 30 heavy (non-hydrogen) atoms. The molecule has 158 valence electrons. The molecule has 9 nitrogen and oxygen atoms in total. The molecule has 4 N–H and O–H groups in total. The summed E-state index contributed by atoms with van der Waals surface area (Å²) in [5.41, 5.74) is 4.27. The Morgan fingerprint density at radius 1 is 1.23 bits per heavy atom. The van der Waals surface area contributed by atoms with Crippen LogP contribution in [0.15, 0.2) is 24.3 Å². The molecular weight excluding hydrogens is 384 g/mol. The Bertz CT molecular complexity index is 1060. The number of hydrogen-bond acceptors (Lipinski definition) is 7. The smallest absolute Gasteiger partial charge is 0.274 e. The first-order valence-corrected chi connectivity index (χ1v) is 10.0. The number of nitrogens with one attached hydrogen (secondary N) is 3. The highest BCUT2D eigenvalue weighted by molar-refractivity contribution is 6.04. The van der Waals surface area contributed by atoms with E-state index in [2.05, 4.69) is 32.5 Å². The highest BCUT2D eigenvalue weighted by Gasteiger charge is 2.19. The third kappa shape index (κ3) is 4.22. The van der Waals surface area contributed by atoms with Gasteiger partial charge < -0.3 is 30.4 Å². The molecule has 0 saturated carbocycles. The molecule has 4 rings (SSSR count). The first-order chi connectivity index (χ1) is 14.5. The predicted octanol–water partition coefficient (Wildman–Crippen LogP) is 2.07. The van der Waals surface area contributed by atoms with Crippen molar-refractivity contribution in [2.75, 3.05) is 55.0 Å². The number of hydrogen-bond donors (Lipinski definition) is 4. The lowest BCUT2D eigenvalue weighted by Gasteiger charge is -2.27. The standard InChI is InChI=1S/C21H26N6O3/c1-13-14(2)23-17-4-3-15(11-16(13)17)24-20(29)18-12-19(22-5-8-28)26-21(25-18)27-6-9-30-10-7-27/h3-4,11-12,23,28H,5-10H2,1-2H3,(H,24,29)(H,22,25,26). The van der Waals surface area contributed by atoms with Crippen LogP contribution >= 0.6 is 0 Å². The van der Waals surface area contributed by atoms with Gasteiger partial charge in [-0.05, 0) is 37.6 Å². The monoisotopic (exact) mass is 410 g/mol. The van der Waals surface area contributed by atoms with E-state index in [1.807, 2.05) is 30.0 Å². The number of amides is 1. The third-order valence-electron chi connectivity index (χ3n) is 5.22. The Kier molecular flexibility index (Phi) is 5.82. The number of carbonyl (C=O) groups is 1. The second-order valence-corrected chi connectivity index (χ2v) is 7.28. The fourth-order valence-electron chi connectivity index (χ4n) is 3.46. The topological polar surface area (TPSA) is 115 Å². The van der Waals surface area contributed by atoms with Crippen molar-refractivity contribution in [3.63, 3.8) is 0 Å². The van der Waals surface area contributed by atoms with Crippen LogP contribution in [0.4, 0.5) is 17.5 Å². The molecule has 0 radical (unpaired) electrons. The number of fused-ring (bicyclic) bond motifs is 1. The molecule has 1 aliphatic rings. The van der Waals surface area contributed by atoms with E-state index < -0.39 is 0 Å². The van der Waals surface area contributed by atoms with Gasteiger partial charge in [0, 0.05) is 48.0 Å². The van der Waals surface area contributed by atoms with Crippen LogP contribution in [0.1, 0.15) is 21.7 Å². The summed E-state index contributed by atoms with van der Waals surface area (Å²) in [6, 6.07) is 7.38. The normalized spacial score (nSPS) is 14.2. The fraction of sp³-hybridized carbons (Fsp3) is 0.381. The average molecular weight is 410 g/mol. The molecule has 0 atom stereocenters. The number of morpholine rings is 1.